The molecule has 0 saturated carbocycles. The summed E-state index contributed by atoms with van der Waals surface area (Å²) in [6.45, 7) is 0. The standard InChI is InChI=1S/2C10H7ClN2O/c2*11-9-6-8(14)10(13-12-9)7-4-2-1-3-5-7/h2*1-6H,(H,12,14). The summed E-state index contributed by atoms with van der Waals surface area (Å²) in [6, 6.07) is 21.4. The highest BCUT2D eigenvalue weighted by Gasteiger charge is 2.07. The molecular formula is C20H14Cl2N4O2. The lowest BCUT2D eigenvalue weighted by molar-refractivity contribution is 0.472. The van der Waals surface area contributed by atoms with E-state index in [0.717, 1.165) is 11.1 Å². The first-order chi connectivity index (χ1) is 13.5. The van der Waals surface area contributed by atoms with Crippen LogP contribution in [0.25, 0.3) is 22.5 Å². The largest absolute Gasteiger partial charge is 0.505 e. The molecule has 2 aromatic carbocycles. The van der Waals surface area contributed by atoms with Crippen molar-refractivity contribution in [2.75, 3.05) is 0 Å². The molecule has 8 heteroatoms. The summed E-state index contributed by atoms with van der Waals surface area (Å²) >= 11 is 11.1. The van der Waals surface area contributed by atoms with E-state index in [4.69, 9.17) is 23.2 Å². The fraction of sp³-hybridized carbons (Fsp3) is 0. The van der Waals surface area contributed by atoms with Gasteiger partial charge in [-0.15, -0.1) is 20.4 Å². The lowest BCUT2D eigenvalue weighted by Gasteiger charge is -2.01. The quantitative estimate of drug-likeness (QED) is 0.480. The summed E-state index contributed by atoms with van der Waals surface area (Å²) in [4.78, 5) is 0. The van der Waals surface area contributed by atoms with Crippen molar-refractivity contribution in [2.24, 2.45) is 0 Å². The third-order valence-electron chi connectivity index (χ3n) is 3.58. The molecule has 0 radical (unpaired) electrons. The predicted molar refractivity (Wildman–Crippen MR) is 108 cm³/mol. The Morgan fingerprint density at radius 1 is 0.536 bits per heavy atom. The molecule has 0 unspecified atom stereocenters. The van der Waals surface area contributed by atoms with Gasteiger partial charge in [0.05, 0.1) is 0 Å². The van der Waals surface area contributed by atoms with Crippen molar-refractivity contribution in [1.29, 1.82) is 0 Å². The molecule has 2 heterocycles. The van der Waals surface area contributed by atoms with E-state index < -0.39 is 0 Å². The molecule has 4 aromatic rings. The summed E-state index contributed by atoms with van der Waals surface area (Å²) in [5, 5.41) is 34.5. The Labute approximate surface area is 171 Å². The van der Waals surface area contributed by atoms with Crippen molar-refractivity contribution in [1.82, 2.24) is 20.4 Å². The lowest BCUT2D eigenvalue weighted by Crippen LogP contribution is -1.88. The van der Waals surface area contributed by atoms with Gasteiger partial charge in [-0.2, -0.15) is 0 Å². The van der Waals surface area contributed by atoms with Gasteiger partial charge in [-0.1, -0.05) is 83.9 Å². The van der Waals surface area contributed by atoms with Crippen LogP contribution in [0.4, 0.5) is 0 Å². The van der Waals surface area contributed by atoms with Crippen molar-refractivity contribution in [2.45, 2.75) is 0 Å². The first-order valence-corrected chi connectivity index (χ1v) is 8.85. The minimum atomic E-state index is 0.0381. The van der Waals surface area contributed by atoms with Gasteiger partial charge in [-0.05, 0) is 0 Å². The molecule has 28 heavy (non-hydrogen) atoms. The highest BCUT2D eigenvalue weighted by Crippen LogP contribution is 2.28. The van der Waals surface area contributed by atoms with Crippen molar-refractivity contribution in [3.63, 3.8) is 0 Å². The molecule has 0 atom stereocenters. The molecule has 0 saturated heterocycles. The number of benzene rings is 2. The molecule has 140 valence electrons. The second-order valence-electron chi connectivity index (χ2n) is 5.53. The predicted octanol–water partition coefficient (Wildman–Crippen LogP) is 5.01. The van der Waals surface area contributed by atoms with Gasteiger partial charge in [0.2, 0.25) is 0 Å². The van der Waals surface area contributed by atoms with Crippen LogP contribution in [0.15, 0.2) is 72.8 Å². The average molecular weight is 413 g/mol. The molecule has 0 aliphatic heterocycles. The Bertz CT molecular complexity index is 977. The average Bonchev–Trinajstić information content (AvgIpc) is 2.70. The van der Waals surface area contributed by atoms with Crippen molar-refractivity contribution >= 4 is 23.2 Å². The maximum atomic E-state index is 9.56. The maximum Gasteiger partial charge on any atom is 0.155 e. The first-order valence-electron chi connectivity index (χ1n) is 8.10. The van der Waals surface area contributed by atoms with Crippen LogP contribution in [0.3, 0.4) is 0 Å². The van der Waals surface area contributed by atoms with Crippen molar-refractivity contribution < 1.29 is 10.2 Å². The zero-order valence-corrected chi connectivity index (χ0v) is 15.9. The van der Waals surface area contributed by atoms with Crippen LogP contribution in [-0.2, 0) is 0 Å². The topological polar surface area (TPSA) is 92.0 Å². The number of aromatic nitrogens is 4. The Kier molecular flexibility index (Phi) is 6.37. The number of nitrogens with zero attached hydrogens (tertiary/aromatic N) is 4. The molecule has 2 aromatic heterocycles. The van der Waals surface area contributed by atoms with Gasteiger partial charge in [0.1, 0.15) is 22.9 Å². The van der Waals surface area contributed by atoms with Gasteiger partial charge in [-0.3, -0.25) is 0 Å². The second kappa shape index (κ2) is 9.12. The fourth-order valence-electron chi connectivity index (χ4n) is 2.32. The normalized spacial score (nSPS) is 10.1. The fourth-order valence-corrected chi connectivity index (χ4v) is 2.60. The number of rotatable bonds is 2. The minimum Gasteiger partial charge on any atom is -0.505 e. The van der Waals surface area contributed by atoms with Gasteiger partial charge in [-0.25, -0.2) is 0 Å². The zero-order valence-electron chi connectivity index (χ0n) is 14.4. The monoisotopic (exact) mass is 412 g/mol. The molecule has 0 aliphatic carbocycles. The van der Waals surface area contributed by atoms with Crippen LogP contribution in [0.5, 0.6) is 11.5 Å². The van der Waals surface area contributed by atoms with Gasteiger partial charge >= 0.3 is 0 Å². The van der Waals surface area contributed by atoms with E-state index in [1.54, 1.807) is 0 Å². The molecule has 0 aliphatic rings. The first kappa shape index (κ1) is 19.5. The summed E-state index contributed by atoms with van der Waals surface area (Å²) in [7, 11) is 0. The summed E-state index contributed by atoms with van der Waals surface area (Å²) in [5.41, 5.74) is 2.51. The number of hydrogen-bond donors (Lipinski definition) is 2. The van der Waals surface area contributed by atoms with Crippen LogP contribution < -0.4 is 0 Å². The SMILES string of the molecule is Oc1cc(Cl)nnc1-c1ccccc1.Oc1cc(Cl)nnc1-c1ccccc1. The van der Waals surface area contributed by atoms with Crippen LogP contribution in [0.1, 0.15) is 0 Å². The summed E-state index contributed by atoms with van der Waals surface area (Å²) < 4.78 is 0. The molecule has 6 nitrogen and oxygen atoms in total. The third kappa shape index (κ3) is 4.94. The van der Waals surface area contributed by atoms with Crippen molar-refractivity contribution in [3.8, 4) is 34.0 Å². The van der Waals surface area contributed by atoms with Gasteiger partial charge in [0.25, 0.3) is 0 Å². The van der Waals surface area contributed by atoms with Crippen LogP contribution in [0, 0.1) is 0 Å². The van der Waals surface area contributed by atoms with E-state index in [1.165, 1.54) is 12.1 Å². The second-order valence-corrected chi connectivity index (χ2v) is 6.31. The molecule has 2 N–H and O–H groups in total. The third-order valence-corrected chi connectivity index (χ3v) is 3.95. The number of hydrogen-bond acceptors (Lipinski definition) is 6. The zero-order chi connectivity index (χ0) is 19.9. The van der Waals surface area contributed by atoms with Crippen LogP contribution >= 0.6 is 23.2 Å². The van der Waals surface area contributed by atoms with Gasteiger partial charge in [0, 0.05) is 23.3 Å². The molecule has 0 fully saturated rings. The van der Waals surface area contributed by atoms with Gasteiger partial charge < -0.3 is 10.2 Å². The molecule has 4 rings (SSSR count). The number of aromatic hydroxyl groups is 2. The molecule has 0 spiro atoms. The minimum absolute atomic E-state index is 0.0381. The smallest absolute Gasteiger partial charge is 0.155 e. The van der Waals surface area contributed by atoms with E-state index in [1.807, 2.05) is 60.7 Å². The summed E-state index contributed by atoms with van der Waals surface area (Å²) in [5.74, 6) is 0.0763. The molecule has 0 amide bonds. The highest BCUT2D eigenvalue weighted by atomic mass is 35.5. The Balaban J connectivity index is 0.000000161. The van der Waals surface area contributed by atoms with Crippen LogP contribution in [-0.4, -0.2) is 30.6 Å². The van der Waals surface area contributed by atoms with Gasteiger partial charge in [0.15, 0.2) is 10.3 Å². The van der Waals surface area contributed by atoms with E-state index in [2.05, 4.69) is 20.4 Å². The molecule has 0 bridgehead atoms. The lowest BCUT2D eigenvalue weighted by atomic mass is 10.1. The van der Waals surface area contributed by atoms with E-state index in [-0.39, 0.29) is 21.8 Å². The van der Waals surface area contributed by atoms with E-state index in [0.29, 0.717) is 11.4 Å². The summed E-state index contributed by atoms with van der Waals surface area (Å²) in [6.07, 6.45) is 0. The Hall–Kier alpha value is -3.22. The van der Waals surface area contributed by atoms with Crippen LogP contribution in [0.2, 0.25) is 10.3 Å². The van der Waals surface area contributed by atoms with Crippen molar-refractivity contribution in [3.05, 3.63) is 83.1 Å². The van der Waals surface area contributed by atoms with E-state index >= 15 is 0 Å². The highest BCUT2D eigenvalue weighted by molar-refractivity contribution is 6.29. The Morgan fingerprint density at radius 2 is 0.893 bits per heavy atom. The Morgan fingerprint density at radius 3 is 1.21 bits per heavy atom. The molecular weight excluding hydrogens is 399 g/mol. The van der Waals surface area contributed by atoms with E-state index in [9.17, 15) is 10.2 Å². The number of halogens is 2. The maximum absolute atomic E-state index is 9.56.